The van der Waals surface area contributed by atoms with Crippen molar-refractivity contribution in [3.63, 3.8) is 0 Å². The molecule has 0 unspecified atom stereocenters. The molecule has 3 rings (SSSR count). The van der Waals surface area contributed by atoms with Crippen LogP contribution in [0.4, 0.5) is 0 Å². The highest BCUT2D eigenvalue weighted by Crippen LogP contribution is 2.33. The summed E-state index contributed by atoms with van der Waals surface area (Å²) in [6.45, 7) is 1.83. The van der Waals surface area contributed by atoms with Gasteiger partial charge in [0, 0.05) is 25.5 Å². The molecule has 0 atom stereocenters. The molecule has 0 spiro atoms. The van der Waals surface area contributed by atoms with Crippen LogP contribution >= 0.6 is 27.3 Å². The molecule has 0 aliphatic heterocycles. The Kier molecular flexibility index (Phi) is 2.84. The first-order valence-corrected chi connectivity index (χ1v) is 7.09. The molecule has 0 saturated carbocycles. The van der Waals surface area contributed by atoms with Gasteiger partial charge in [0.2, 0.25) is 0 Å². The smallest absolute Gasteiger partial charge is 0.197 e. The maximum atomic E-state index is 12.4. The van der Waals surface area contributed by atoms with E-state index in [4.69, 9.17) is 4.42 Å². The molecule has 0 fully saturated rings. The molecule has 0 bridgehead atoms. The first-order valence-electron chi connectivity index (χ1n) is 5.42. The van der Waals surface area contributed by atoms with Crippen molar-refractivity contribution in [1.29, 1.82) is 0 Å². The maximum Gasteiger partial charge on any atom is 0.197 e. The lowest BCUT2D eigenvalue weighted by atomic mass is 10.1. The normalized spacial score (nSPS) is 11.0. The minimum Gasteiger partial charge on any atom is -0.469 e. The second-order valence-electron chi connectivity index (χ2n) is 4.04. The molecule has 2 nitrogen and oxygen atoms in total. The Bertz CT molecular complexity index is 739. The topological polar surface area (TPSA) is 30.2 Å². The van der Waals surface area contributed by atoms with Gasteiger partial charge in [0.25, 0.3) is 0 Å². The minimum absolute atomic E-state index is 0.0104. The zero-order valence-electron chi connectivity index (χ0n) is 9.57. The van der Waals surface area contributed by atoms with E-state index >= 15 is 0 Å². The molecule has 90 valence electrons. The zero-order chi connectivity index (χ0) is 12.7. The van der Waals surface area contributed by atoms with Crippen molar-refractivity contribution in [2.75, 3.05) is 0 Å². The number of hydrogen-bond acceptors (Lipinski definition) is 3. The third kappa shape index (κ3) is 1.82. The van der Waals surface area contributed by atoms with E-state index in [-0.39, 0.29) is 5.78 Å². The third-order valence-corrected chi connectivity index (χ3v) is 4.74. The van der Waals surface area contributed by atoms with Gasteiger partial charge >= 0.3 is 0 Å². The molecule has 0 radical (unpaired) electrons. The lowest BCUT2D eigenvalue weighted by Gasteiger charge is -1.97. The molecule has 18 heavy (non-hydrogen) atoms. The van der Waals surface area contributed by atoms with Gasteiger partial charge in [-0.2, -0.15) is 0 Å². The molecule has 3 aromatic rings. The highest BCUT2D eigenvalue weighted by Gasteiger charge is 2.16. The van der Waals surface area contributed by atoms with E-state index in [9.17, 15) is 4.79 Å². The number of furan rings is 1. The van der Waals surface area contributed by atoms with Gasteiger partial charge in [-0.3, -0.25) is 4.79 Å². The van der Waals surface area contributed by atoms with Gasteiger partial charge < -0.3 is 4.42 Å². The Morgan fingerprint density at radius 2 is 2.22 bits per heavy atom. The summed E-state index contributed by atoms with van der Waals surface area (Å²) in [6.07, 6.45) is 1.51. The van der Waals surface area contributed by atoms with Crippen molar-refractivity contribution in [2.45, 2.75) is 6.92 Å². The molecule has 0 amide bonds. The number of thiophene rings is 1. The Balaban J connectivity index is 2.15. The Morgan fingerprint density at radius 3 is 2.94 bits per heavy atom. The van der Waals surface area contributed by atoms with Gasteiger partial charge in [0.05, 0.1) is 5.56 Å². The van der Waals surface area contributed by atoms with Crippen LogP contribution in [0.1, 0.15) is 21.7 Å². The number of fused-ring (bicyclic) bond motifs is 1. The van der Waals surface area contributed by atoms with Crippen molar-refractivity contribution < 1.29 is 9.21 Å². The van der Waals surface area contributed by atoms with Gasteiger partial charge in [-0.15, -0.1) is 11.3 Å². The van der Waals surface area contributed by atoms with Gasteiger partial charge in [0.15, 0.2) is 5.78 Å². The predicted molar refractivity (Wildman–Crippen MR) is 76.4 cm³/mol. The molecule has 2 aromatic heterocycles. The van der Waals surface area contributed by atoms with Crippen LogP contribution in [-0.4, -0.2) is 5.78 Å². The van der Waals surface area contributed by atoms with Crippen LogP contribution in [0.2, 0.25) is 0 Å². The number of carbonyl (C=O) groups excluding carboxylic acids is 1. The van der Waals surface area contributed by atoms with Crippen molar-refractivity contribution in [3.05, 3.63) is 57.3 Å². The SMILES string of the molecule is Cc1cc(C(=O)c2csc3c(Br)cccc23)co1. The molecule has 4 heteroatoms. The fourth-order valence-electron chi connectivity index (χ4n) is 1.92. The van der Waals surface area contributed by atoms with E-state index in [1.54, 1.807) is 17.4 Å². The molecule has 0 saturated heterocycles. The highest BCUT2D eigenvalue weighted by molar-refractivity contribution is 9.10. The van der Waals surface area contributed by atoms with Gasteiger partial charge in [0.1, 0.15) is 12.0 Å². The maximum absolute atomic E-state index is 12.4. The van der Waals surface area contributed by atoms with Crippen LogP contribution < -0.4 is 0 Å². The second kappa shape index (κ2) is 4.37. The summed E-state index contributed by atoms with van der Waals surface area (Å²) >= 11 is 5.07. The van der Waals surface area contributed by atoms with Gasteiger partial charge in [-0.25, -0.2) is 0 Å². The van der Waals surface area contributed by atoms with Crippen molar-refractivity contribution >= 4 is 43.1 Å². The lowest BCUT2D eigenvalue weighted by Crippen LogP contribution is -1.97. The summed E-state index contributed by atoms with van der Waals surface area (Å²) in [5.74, 6) is 0.760. The van der Waals surface area contributed by atoms with E-state index in [0.717, 1.165) is 25.9 Å². The second-order valence-corrected chi connectivity index (χ2v) is 5.78. The summed E-state index contributed by atoms with van der Waals surface area (Å²) in [5.41, 5.74) is 1.34. The number of benzene rings is 1. The molecule has 2 heterocycles. The minimum atomic E-state index is 0.0104. The number of ketones is 1. The van der Waals surface area contributed by atoms with Crippen LogP contribution in [0.25, 0.3) is 10.1 Å². The van der Waals surface area contributed by atoms with Crippen LogP contribution in [0, 0.1) is 6.92 Å². The average molecular weight is 321 g/mol. The molecular formula is C14H9BrO2S. The van der Waals surface area contributed by atoms with E-state index < -0.39 is 0 Å². The Hall–Kier alpha value is -1.39. The first kappa shape index (κ1) is 11.7. The summed E-state index contributed by atoms with van der Waals surface area (Å²) < 4.78 is 7.31. The summed E-state index contributed by atoms with van der Waals surface area (Å²) in [4.78, 5) is 12.4. The molecule has 0 aliphatic carbocycles. The van der Waals surface area contributed by atoms with Crippen molar-refractivity contribution in [3.8, 4) is 0 Å². The monoisotopic (exact) mass is 320 g/mol. The van der Waals surface area contributed by atoms with Crippen molar-refractivity contribution in [2.24, 2.45) is 0 Å². The first-order chi connectivity index (χ1) is 8.66. The fraction of sp³-hybridized carbons (Fsp3) is 0.0714. The molecule has 0 aliphatic rings. The summed E-state index contributed by atoms with van der Waals surface area (Å²) in [7, 11) is 0. The number of aryl methyl sites for hydroxylation is 1. The van der Waals surface area contributed by atoms with Crippen molar-refractivity contribution in [1.82, 2.24) is 0 Å². The molecular weight excluding hydrogens is 312 g/mol. The number of carbonyl (C=O) groups is 1. The zero-order valence-corrected chi connectivity index (χ0v) is 12.0. The van der Waals surface area contributed by atoms with E-state index in [2.05, 4.69) is 15.9 Å². The Morgan fingerprint density at radius 1 is 1.39 bits per heavy atom. The average Bonchev–Trinajstić information content (AvgIpc) is 2.95. The van der Waals surface area contributed by atoms with Crippen LogP contribution in [-0.2, 0) is 0 Å². The van der Waals surface area contributed by atoms with Gasteiger partial charge in [-0.1, -0.05) is 12.1 Å². The number of hydrogen-bond donors (Lipinski definition) is 0. The predicted octanol–water partition coefficient (Wildman–Crippen LogP) is 4.80. The van der Waals surface area contributed by atoms with E-state index in [1.807, 2.05) is 30.5 Å². The third-order valence-electron chi connectivity index (χ3n) is 2.79. The van der Waals surface area contributed by atoms with Crippen LogP contribution in [0.15, 0.2) is 44.8 Å². The summed E-state index contributed by atoms with van der Waals surface area (Å²) in [5, 5.41) is 2.89. The van der Waals surface area contributed by atoms with E-state index in [0.29, 0.717) is 5.56 Å². The quantitative estimate of drug-likeness (QED) is 0.635. The fourth-order valence-corrected chi connectivity index (χ4v) is 3.52. The largest absolute Gasteiger partial charge is 0.469 e. The van der Waals surface area contributed by atoms with Gasteiger partial charge in [-0.05, 0) is 35.0 Å². The van der Waals surface area contributed by atoms with Crippen LogP contribution in [0.5, 0.6) is 0 Å². The number of halogens is 1. The van der Waals surface area contributed by atoms with E-state index in [1.165, 1.54) is 6.26 Å². The lowest BCUT2D eigenvalue weighted by molar-refractivity contribution is 0.104. The highest BCUT2D eigenvalue weighted by atomic mass is 79.9. The standard InChI is InChI=1S/C14H9BrO2S/c1-8-5-9(6-17-8)13(16)11-7-18-14-10(11)3-2-4-12(14)15/h2-7H,1H3. The molecule has 1 aromatic carbocycles. The Labute approximate surface area is 116 Å². The molecule has 0 N–H and O–H groups in total. The number of rotatable bonds is 2. The summed E-state index contributed by atoms with van der Waals surface area (Å²) in [6, 6.07) is 7.66. The van der Waals surface area contributed by atoms with Crippen LogP contribution in [0.3, 0.4) is 0 Å².